The number of nitrogens with zero attached hydrogens (tertiary/aromatic N) is 1. The Morgan fingerprint density at radius 2 is 2.28 bits per heavy atom. The van der Waals surface area contributed by atoms with Gasteiger partial charge in [0.2, 0.25) is 0 Å². The van der Waals surface area contributed by atoms with E-state index in [-0.39, 0.29) is 12.1 Å². The van der Waals surface area contributed by atoms with Crippen molar-refractivity contribution < 1.29 is 14.7 Å². The van der Waals surface area contributed by atoms with E-state index in [2.05, 4.69) is 12.2 Å². The summed E-state index contributed by atoms with van der Waals surface area (Å²) >= 11 is 1.84. The molecule has 0 radical (unpaired) electrons. The van der Waals surface area contributed by atoms with Gasteiger partial charge in [-0.15, -0.1) is 0 Å². The van der Waals surface area contributed by atoms with Crippen LogP contribution in [0.1, 0.15) is 33.1 Å². The van der Waals surface area contributed by atoms with Crippen molar-refractivity contribution in [2.45, 2.75) is 45.2 Å². The maximum Gasteiger partial charge on any atom is 0.326 e. The van der Waals surface area contributed by atoms with Crippen molar-refractivity contribution >= 4 is 23.8 Å². The monoisotopic (exact) mass is 274 g/mol. The molecule has 1 heterocycles. The number of amides is 2. The third-order valence-electron chi connectivity index (χ3n) is 3.07. The number of hydrogen-bond acceptors (Lipinski definition) is 3. The molecule has 2 unspecified atom stereocenters. The van der Waals surface area contributed by atoms with Crippen molar-refractivity contribution in [3.63, 3.8) is 0 Å². The molecule has 0 aromatic heterocycles. The molecule has 0 bridgehead atoms. The molecule has 2 N–H and O–H groups in total. The molecule has 1 aliphatic heterocycles. The highest BCUT2D eigenvalue weighted by molar-refractivity contribution is 7.99. The van der Waals surface area contributed by atoms with Gasteiger partial charge in [0.15, 0.2) is 0 Å². The molecule has 1 rings (SSSR count). The second-order valence-corrected chi connectivity index (χ2v) is 5.92. The smallest absolute Gasteiger partial charge is 0.326 e. The molecular weight excluding hydrogens is 252 g/mol. The third-order valence-corrected chi connectivity index (χ3v) is 4.00. The summed E-state index contributed by atoms with van der Waals surface area (Å²) in [5.74, 6) is 1.19. The highest BCUT2D eigenvalue weighted by Gasteiger charge is 2.34. The van der Waals surface area contributed by atoms with Crippen molar-refractivity contribution in [3.05, 3.63) is 0 Å². The number of urea groups is 1. The van der Waals surface area contributed by atoms with Gasteiger partial charge in [-0.3, -0.25) is 0 Å². The quantitative estimate of drug-likeness (QED) is 0.724. The Morgan fingerprint density at radius 3 is 2.89 bits per heavy atom. The van der Waals surface area contributed by atoms with Crippen molar-refractivity contribution in [1.29, 1.82) is 0 Å². The Morgan fingerprint density at radius 1 is 1.56 bits per heavy atom. The van der Waals surface area contributed by atoms with Crippen LogP contribution in [0.25, 0.3) is 0 Å². The highest BCUT2D eigenvalue weighted by Crippen LogP contribution is 2.17. The summed E-state index contributed by atoms with van der Waals surface area (Å²) < 4.78 is 0. The van der Waals surface area contributed by atoms with Gasteiger partial charge in [-0.2, -0.15) is 11.8 Å². The average molecular weight is 274 g/mol. The van der Waals surface area contributed by atoms with Gasteiger partial charge in [-0.1, -0.05) is 6.92 Å². The van der Waals surface area contributed by atoms with Crippen LogP contribution in [0.5, 0.6) is 0 Å². The first-order valence-electron chi connectivity index (χ1n) is 6.44. The molecule has 1 fully saturated rings. The number of thioether (sulfide) groups is 1. The van der Waals surface area contributed by atoms with E-state index < -0.39 is 12.0 Å². The second-order valence-electron chi connectivity index (χ2n) is 4.53. The van der Waals surface area contributed by atoms with Crippen LogP contribution in [-0.2, 0) is 4.79 Å². The lowest BCUT2D eigenvalue weighted by Crippen LogP contribution is -2.48. The summed E-state index contributed by atoms with van der Waals surface area (Å²) in [7, 11) is 0. The summed E-state index contributed by atoms with van der Waals surface area (Å²) in [6.07, 6.45) is 2.24. The fraction of sp³-hybridized carbons (Fsp3) is 0.833. The fourth-order valence-corrected chi connectivity index (χ4v) is 2.85. The topological polar surface area (TPSA) is 69.6 Å². The normalized spacial score (nSPS) is 20.8. The Labute approximate surface area is 112 Å². The molecule has 0 aliphatic carbocycles. The van der Waals surface area contributed by atoms with Crippen LogP contribution >= 0.6 is 11.8 Å². The summed E-state index contributed by atoms with van der Waals surface area (Å²) in [6, 6.07) is -0.803. The zero-order valence-electron chi connectivity index (χ0n) is 11.0. The van der Waals surface area contributed by atoms with Crippen LogP contribution in [0.2, 0.25) is 0 Å². The number of likely N-dealkylation sites (tertiary alicyclic amines) is 1. The summed E-state index contributed by atoms with van der Waals surface area (Å²) in [4.78, 5) is 24.4. The van der Waals surface area contributed by atoms with Gasteiger partial charge >= 0.3 is 12.0 Å². The van der Waals surface area contributed by atoms with E-state index >= 15 is 0 Å². The molecular formula is C12H22N2O3S. The molecule has 18 heavy (non-hydrogen) atoms. The average Bonchev–Trinajstić information content (AvgIpc) is 2.78. The van der Waals surface area contributed by atoms with E-state index in [0.29, 0.717) is 13.0 Å². The number of carboxylic acids is 1. The van der Waals surface area contributed by atoms with Gasteiger partial charge in [0, 0.05) is 12.6 Å². The van der Waals surface area contributed by atoms with E-state index in [0.717, 1.165) is 24.3 Å². The number of nitrogens with one attached hydrogen (secondary N) is 1. The van der Waals surface area contributed by atoms with Gasteiger partial charge < -0.3 is 15.3 Å². The molecule has 1 saturated heterocycles. The molecule has 2 atom stereocenters. The van der Waals surface area contributed by atoms with Crippen LogP contribution in [0.3, 0.4) is 0 Å². The number of aliphatic carboxylic acids is 1. The highest BCUT2D eigenvalue weighted by atomic mass is 32.2. The van der Waals surface area contributed by atoms with E-state index in [1.807, 2.05) is 18.7 Å². The molecule has 2 amide bonds. The van der Waals surface area contributed by atoms with Crippen molar-refractivity contribution in [2.75, 3.05) is 18.1 Å². The SMILES string of the molecule is CCSCCC(C)NC(=O)N1CCCC1C(=O)O. The summed E-state index contributed by atoms with van der Waals surface area (Å²) in [5.41, 5.74) is 0. The molecule has 0 spiro atoms. The van der Waals surface area contributed by atoms with Crippen LogP contribution < -0.4 is 5.32 Å². The largest absolute Gasteiger partial charge is 0.480 e. The number of carbonyl (C=O) groups excluding carboxylic acids is 1. The zero-order valence-corrected chi connectivity index (χ0v) is 11.8. The first-order chi connectivity index (χ1) is 8.56. The van der Waals surface area contributed by atoms with Gasteiger partial charge in [-0.25, -0.2) is 9.59 Å². The molecule has 0 aromatic carbocycles. The molecule has 5 nitrogen and oxygen atoms in total. The molecule has 0 aromatic rings. The van der Waals surface area contributed by atoms with Gasteiger partial charge in [0.1, 0.15) is 6.04 Å². The molecule has 0 saturated carbocycles. The number of hydrogen-bond donors (Lipinski definition) is 2. The van der Waals surface area contributed by atoms with Crippen molar-refractivity contribution in [3.8, 4) is 0 Å². The van der Waals surface area contributed by atoms with Gasteiger partial charge in [0.25, 0.3) is 0 Å². The third kappa shape index (κ3) is 4.40. The summed E-state index contributed by atoms with van der Waals surface area (Å²) in [5, 5.41) is 11.9. The Bertz CT molecular complexity index is 299. The Balaban J connectivity index is 2.37. The number of rotatable bonds is 6. The molecule has 104 valence electrons. The maximum absolute atomic E-state index is 11.9. The standard InChI is InChI=1S/C12H22N2O3S/c1-3-18-8-6-9(2)13-12(17)14-7-4-5-10(14)11(15)16/h9-10H,3-8H2,1-2H3,(H,13,17)(H,15,16). The molecule has 6 heteroatoms. The molecule has 1 aliphatic rings. The van der Waals surface area contributed by atoms with Crippen LogP contribution in [-0.4, -0.2) is 52.1 Å². The minimum absolute atomic E-state index is 0.0894. The predicted molar refractivity (Wildman–Crippen MR) is 73.0 cm³/mol. The van der Waals surface area contributed by atoms with E-state index in [1.165, 1.54) is 4.90 Å². The van der Waals surface area contributed by atoms with Crippen LogP contribution in [0.4, 0.5) is 4.79 Å². The predicted octanol–water partition coefficient (Wildman–Crippen LogP) is 1.78. The summed E-state index contributed by atoms with van der Waals surface area (Å²) in [6.45, 7) is 4.61. The lowest BCUT2D eigenvalue weighted by atomic mass is 10.2. The van der Waals surface area contributed by atoms with Crippen molar-refractivity contribution in [1.82, 2.24) is 10.2 Å². The van der Waals surface area contributed by atoms with Gasteiger partial charge in [-0.05, 0) is 37.7 Å². The minimum Gasteiger partial charge on any atom is -0.480 e. The number of carbonyl (C=O) groups is 2. The lowest BCUT2D eigenvalue weighted by molar-refractivity contribution is -0.141. The maximum atomic E-state index is 11.9. The van der Waals surface area contributed by atoms with Gasteiger partial charge in [0.05, 0.1) is 0 Å². The zero-order chi connectivity index (χ0) is 13.5. The van der Waals surface area contributed by atoms with E-state index in [4.69, 9.17) is 5.11 Å². The van der Waals surface area contributed by atoms with Crippen LogP contribution in [0, 0.1) is 0 Å². The lowest BCUT2D eigenvalue weighted by Gasteiger charge is -2.24. The van der Waals surface area contributed by atoms with E-state index in [9.17, 15) is 9.59 Å². The first-order valence-corrected chi connectivity index (χ1v) is 7.59. The second kappa shape index (κ2) is 7.51. The minimum atomic E-state index is -0.906. The van der Waals surface area contributed by atoms with Crippen LogP contribution in [0.15, 0.2) is 0 Å². The Hall–Kier alpha value is -0.910. The van der Waals surface area contributed by atoms with Crippen molar-refractivity contribution in [2.24, 2.45) is 0 Å². The fourth-order valence-electron chi connectivity index (χ4n) is 2.04. The number of carboxylic acid groups (broad SMARTS) is 1. The first kappa shape index (κ1) is 15.1. The Kier molecular flexibility index (Phi) is 6.32. The van der Waals surface area contributed by atoms with E-state index in [1.54, 1.807) is 0 Å².